The van der Waals surface area contributed by atoms with Gasteiger partial charge in [0.2, 0.25) is 0 Å². The van der Waals surface area contributed by atoms with Crippen molar-refractivity contribution in [2.24, 2.45) is 0 Å². The van der Waals surface area contributed by atoms with Crippen LogP contribution in [0.1, 0.15) is 12.8 Å². The SMILES string of the molecule is CNCCCCSCCS(C)(=O)=O. The van der Waals surface area contributed by atoms with Crippen LogP contribution in [0.2, 0.25) is 0 Å². The Morgan fingerprint density at radius 2 is 1.92 bits per heavy atom. The third kappa shape index (κ3) is 12.3. The van der Waals surface area contributed by atoms with E-state index < -0.39 is 9.84 Å². The van der Waals surface area contributed by atoms with Crippen LogP contribution >= 0.6 is 11.8 Å². The minimum atomic E-state index is -2.75. The molecule has 0 heterocycles. The molecule has 0 aromatic carbocycles. The minimum Gasteiger partial charge on any atom is -0.320 e. The summed E-state index contributed by atoms with van der Waals surface area (Å²) in [6, 6.07) is 0. The number of unbranched alkanes of at least 4 members (excludes halogenated alkanes) is 1. The summed E-state index contributed by atoms with van der Waals surface area (Å²) in [6.45, 7) is 1.05. The van der Waals surface area contributed by atoms with Gasteiger partial charge in [-0.2, -0.15) is 11.8 Å². The maximum absolute atomic E-state index is 10.7. The van der Waals surface area contributed by atoms with Crippen molar-refractivity contribution in [3.8, 4) is 0 Å². The van der Waals surface area contributed by atoms with Gasteiger partial charge in [0.25, 0.3) is 0 Å². The lowest BCUT2D eigenvalue weighted by Crippen LogP contribution is -2.08. The second-order valence-electron chi connectivity index (χ2n) is 3.05. The van der Waals surface area contributed by atoms with E-state index in [1.165, 1.54) is 12.7 Å². The van der Waals surface area contributed by atoms with Crippen LogP contribution in [0.15, 0.2) is 0 Å². The summed E-state index contributed by atoms with van der Waals surface area (Å²) >= 11 is 1.72. The zero-order chi connectivity index (χ0) is 10.2. The van der Waals surface area contributed by atoms with Gasteiger partial charge >= 0.3 is 0 Å². The van der Waals surface area contributed by atoms with Crippen LogP contribution in [0.5, 0.6) is 0 Å². The summed E-state index contributed by atoms with van der Waals surface area (Å²) in [5.74, 6) is 2.11. The predicted molar refractivity (Wildman–Crippen MR) is 60.2 cm³/mol. The van der Waals surface area contributed by atoms with Crippen LogP contribution in [0, 0.1) is 0 Å². The number of hydrogen-bond acceptors (Lipinski definition) is 4. The minimum absolute atomic E-state index is 0.309. The molecule has 0 aliphatic heterocycles. The Balaban J connectivity index is 3.09. The first kappa shape index (κ1) is 13.3. The Kier molecular flexibility index (Phi) is 7.80. The lowest BCUT2D eigenvalue weighted by Gasteiger charge is -2.00. The van der Waals surface area contributed by atoms with Crippen molar-refractivity contribution in [2.75, 3.05) is 37.1 Å². The van der Waals surface area contributed by atoms with E-state index in [1.807, 2.05) is 7.05 Å². The highest BCUT2D eigenvalue weighted by molar-refractivity contribution is 8.00. The molecule has 0 aromatic rings. The third-order valence-electron chi connectivity index (χ3n) is 1.56. The Morgan fingerprint density at radius 1 is 1.23 bits per heavy atom. The first-order valence-corrected chi connectivity index (χ1v) is 7.68. The van der Waals surface area contributed by atoms with Gasteiger partial charge in [0.05, 0.1) is 5.75 Å². The molecule has 0 saturated heterocycles. The molecule has 0 fully saturated rings. The van der Waals surface area contributed by atoms with Crippen molar-refractivity contribution >= 4 is 21.6 Å². The van der Waals surface area contributed by atoms with Gasteiger partial charge in [-0.25, -0.2) is 8.42 Å². The molecule has 0 bridgehead atoms. The number of rotatable bonds is 8. The predicted octanol–water partition coefficient (Wildman–Crippen LogP) is 0.764. The lowest BCUT2D eigenvalue weighted by molar-refractivity contribution is 0.603. The molecular formula is C8H19NO2S2. The molecule has 0 aromatic heterocycles. The molecule has 0 unspecified atom stereocenters. The molecule has 1 N–H and O–H groups in total. The quantitative estimate of drug-likeness (QED) is 0.620. The van der Waals surface area contributed by atoms with Crippen molar-refractivity contribution < 1.29 is 8.42 Å². The van der Waals surface area contributed by atoms with E-state index in [-0.39, 0.29) is 0 Å². The number of thioether (sulfide) groups is 1. The fraction of sp³-hybridized carbons (Fsp3) is 1.00. The van der Waals surface area contributed by atoms with Crippen molar-refractivity contribution in [1.82, 2.24) is 5.32 Å². The smallest absolute Gasteiger partial charge is 0.148 e. The van der Waals surface area contributed by atoms with Crippen molar-refractivity contribution in [2.45, 2.75) is 12.8 Å². The van der Waals surface area contributed by atoms with Gasteiger partial charge in [0.15, 0.2) is 0 Å². The van der Waals surface area contributed by atoms with Crippen molar-refractivity contribution in [3.63, 3.8) is 0 Å². The molecule has 80 valence electrons. The Labute approximate surface area is 85.6 Å². The van der Waals surface area contributed by atoms with E-state index in [0.29, 0.717) is 5.75 Å². The Hall–Kier alpha value is 0.260. The molecular weight excluding hydrogens is 206 g/mol. The molecule has 3 nitrogen and oxygen atoms in total. The zero-order valence-corrected chi connectivity index (χ0v) is 10.0. The van der Waals surface area contributed by atoms with E-state index in [2.05, 4.69) is 5.32 Å². The fourth-order valence-electron chi connectivity index (χ4n) is 0.818. The van der Waals surface area contributed by atoms with Gasteiger partial charge in [0.1, 0.15) is 9.84 Å². The molecule has 0 atom stereocenters. The van der Waals surface area contributed by atoms with Gasteiger partial charge in [-0.15, -0.1) is 0 Å². The van der Waals surface area contributed by atoms with Gasteiger partial charge in [-0.3, -0.25) is 0 Å². The molecule has 0 aliphatic rings. The summed E-state index contributed by atoms with van der Waals surface area (Å²) in [6.07, 6.45) is 3.62. The second-order valence-corrected chi connectivity index (χ2v) is 6.54. The number of nitrogens with one attached hydrogen (secondary N) is 1. The van der Waals surface area contributed by atoms with Crippen LogP contribution < -0.4 is 5.32 Å². The van der Waals surface area contributed by atoms with E-state index in [4.69, 9.17) is 0 Å². The first-order valence-electron chi connectivity index (χ1n) is 4.46. The summed E-state index contributed by atoms with van der Waals surface area (Å²) in [7, 11) is -0.813. The van der Waals surface area contributed by atoms with E-state index in [9.17, 15) is 8.42 Å². The summed E-state index contributed by atoms with van der Waals surface area (Å²) in [5, 5.41) is 3.08. The van der Waals surface area contributed by atoms with Crippen molar-refractivity contribution in [3.05, 3.63) is 0 Å². The van der Waals surface area contributed by atoms with E-state index in [1.54, 1.807) is 11.8 Å². The summed E-state index contributed by atoms with van der Waals surface area (Å²) < 4.78 is 21.5. The maximum atomic E-state index is 10.7. The highest BCUT2D eigenvalue weighted by atomic mass is 32.2. The molecule has 0 rings (SSSR count). The third-order valence-corrected chi connectivity index (χ3v) is 3.84. The average molecular weight is 225 g/mol. The van der Waals surface area contributed by atoms with Gasteiger partial charge in [-0.1, -0.05) is 0 Å². The highest BCUT2D eigenvalue weighted by Crippen LogP contribution is 2.04. The molecule has 0 spiro atoms. The molecule has 0 saturated carbocycles. The standard InChI is InChI=1S/C8H19NO2S2/c1-9-5-3-4-6-12-7-8-13(2,10)11/h9H,3-8H2,1-2H3. The van der Waals surface area contributed by atoms with Crippen LogP contribution in [-0.4, -0.2) is 45.5 Å². The highest BCUT2D eigenvalue weighted by Gasteiger charge is 2.00. The topological polar surface area (TPSA) is 46.2 Å². The zero-order valence-electron chi connectivity index (χ0n) is 8.38. The van der Waals surface area contributed by atoms with Gasteiger partial charge in [0, 0.05) is 12.0 Å². The van der Waals surface area contributed by atoms with Gasteiger partial charge < -0.3 is 5.32 Å². The van der Waals surface area contributed by atoms with E-state index >= 15 is 0 Å². The number of sulfone groups is 1. The van der Waals surface area contributed by atoms with Gasteiger partial charge in [-0.05, 0) is 32.2 Å². The maximum Gasteiger partial charge on any atom is 0.148 e. The largest absolute Gasteiger partial charge is 0.320 e. The van der Waals surface area contributed by atoms with Crippen LogP contribution in [-0.2, 0) is 9.84 Å². The Bertz CT molecular complexity index is 202. The summed E-state index contributed by atoms with van der Waals surface area (Å²) in [4.78, 5) is 0. The molecule has 0 aliphatic carbocycles. The Morgan fingerprint density at radius 3 is 2.46 bits per heavy atom. The lowest BCUT2D eigenvalue weighted by atomic mass is 10.3. The van der Waals surface area contributed by atoms with Crippen LogP contribution in [0.25, 0.3) is 0 Å². The molecule has 13 heavy (non-hydrogen) atoms. The number of hydrogen-bond donors (Lipinski definition) is 1. The van der Waals surface area contributed by atoms with Crippen LogP contribution in [0.4, 0.5) is 0 Å². The molecule has 0 amide bonds. The van der Waals surface area contributed by atoms with E-state index in [0.717, 1.165) is 24.5 Å². The summed E-state index contributed by atoms with van der Waals surface area (Å²) in [5.41, 5.74) is 0. The monoisotopic (exact) mass is 225 g/mol. The fourth-order valence-corrected chi connectivity index (χ4v) is 3.11. The van der Waals surface area contributed by atoms with Crippen LogP contribution in [0.3, 0.4) is 0 Å². The van der Waals surface area contributed by atoms with Crippen molar-refractivity contribution in [1.29, 1.82) is 0 Å². The molecule has 0 radical (unpaired) electrons. The average Bonchev–Trinajstić information content (AvgIpc) is 2.01. The second kappa shape index (κ2) is 7.64. The normalized spacial score (nSPS) is 11.8. The first-order chi connectivity index (χ1) is 6.06. The molecule has 5 heteroatoms.